The van der Waals surface area contributed by atoms with E-state index in [1.165, 1.54) is 0 Å². The van der Waals surface area contributed by atoms with Gasteiger partial charge in [0, 0.05) is 22.5 Å². The minimum atomic E-state index is 0.749. The number of oxazole rings is 1. The number of anilines is 1. The number of aromatic nitrogens is 1. The fourth-order valence-corrected chi connectivity index (χ4v) is 2.62. The molecule has 2 rings (SSSR count). The number of aryl methyl sites for hydroxylation is 2. The third-order valence-corrected chi connectivity index (χ3v) is 4.05. The van der Waals surface area contributed by atoms with Crippen LogP contribution >= 0.6 is 27.7 Å². The predicted molar refractivity (Wildman–Crippen MR) is 79.3 cm³/mol. The van der Waals surface area contributed by atoms with Crippen molar-refractivity contribution in [3.05, 3.63) is 40.2 Å². The maximum absolute atomic E-state index is 5.51. The summed E-state index contributed by atoms with van der Waals surface area (Å²) in [5, 5.41) is 4.12. The van der Waals surface area contributed by atoms with E-state index in [2.05, 4.69) is 26.2 Å². The van der Waals surface area contributed by atoms with Gasteiger partial charge in [0.25, 0.3) is 5.22 Å². The van der Waals surface area contributed by atoms with Crippen molar-refractivity contribution in [3.8, 4) is 0 Å². The second-order valence-corrected chi connectivity index (χ2v) is 5.78. The minimum Gasteiger partial charge on any atom is -0.437 e. The zero-order valence-corrected chi connectivity index (χ0v) is 12.8. The number of halogens is 1. The molecule has 1 aromatic carbocycles. The number of nitrogens with one attached hydrogen (secondary N) is 1. The van der Waals surface area contributed by atoms with Crippen LogP contribution in [0.3, 0.4) is 0 Å². The fraction of sp³-hybridized carbons (Fsp3) is 0.308. The van der Waals surface area contributed by atoms with Gasteiger partial charge < -0.3 is 9.73 Å². The largest absolute Gasteiger partial charge is 0.437 e. The minimum absolute atomic E-state index is 0.749. The van der Waals surface area contributed by atoms with Gasteiger partial charge in [-0.15, -0.1) is 0 Å². The van der Waals surface area contributed by atoms with E-state index in [1.54, 1.807) is 11.8 Å². The van der Waals surface area contributed by atoms with Crippen LogP contribution in [0.15, 0.2) is 38.4 Å². The molecular weight excluding hydrogens is 312 g/mol. The average molecular weight is 327 g/mol. The zero-order chi connectivity index (χ0) is 13.0. The Morgan fingerprint density at radius 1 is 1.33 bits per heavy atom. The molecule has 0 aliphatic rings. The summed E-state index contributed by atoms with van der Waals surface area (Å²) in [6, 6.07) is 8.09. The first kappa shape index (κ1) is 13.5. The van der Waals surface area contributed by atoms with Crippen LogP contribution in [-0.4, -0.2) is 17.3 Å². The van der Waals surface area contributed by atoms with Crippen LogP contribution in [0.5, 0.6) is 0 Å². The van der Waals surface area contributed by atoms with E-state index < -0.39 is 0 Å². The van der Waals surface area contributed by atoms with Gasteiger partial charge in [0.2, 0.25) is 0 Å². The average Bonchev–Trinajstić information content (AvgIpc) is 2.66. The van der Waals surface area contributed by atoms with Gasteiger partial charge in [-0.2, -0.15) is 0 Å². The molecule has 1 aromatic heterocycles. The first-order chi connectivity index (χ1) is 8.66. The molecule has 0 saturated carbocycles. The van der Waals surface area contributed by atoms with E-state index in [1.807, 2.05) is 38.1 Å². The van der Waals surface area contributed by atoms with E-state index in [0.29, 0.717) is 0 Å². The molecule has 1 heterocycles. The molecule has 0 amide bonds. The van der Waals surface area contributed by atoms with Gasteiger partial charge in [0.1, 0.15) is 5.76 Å². The van der Waals surface area contributed by atoms with E-state index in [-0.39, 0.29) is 0 Å². The first-order valence-corrected chi connectivity index (χ1v) is 7.50. The standard InChI is InChI=1S/C13H15BrN2OS/c1-9-10(2)17-13(16-9)18-8-7-15-12-6-4-3-5-11(12)14/h3-6,15H,7-8H2,1-2H3. The molecule has 0 bridgehead atoms. The lowest BCUT2D eigenvalue weighted by atomic mass is 10.3. The molecule has 0 aliphatic heterocycles. The van der Waals surface area contributed by atoms with E-state index in [9.17, 15) is 0 Å². The number of para-hydroxylation sites is 1. The van der Waals surface area contributed by atoms with Crippen molar-refractivity contribution in [2.75, 3.05) is 17.6 Å². The Labute approximate surface area is 120 Å². The van der Waals surface area contributed by atoms with Crippen molar-refractivity contribution < 1.29 is 4.42 Å². The predicted octanol–water partition coefficient (Wildman–Crippen LogP) is 4.26. The summed E-state index contributed by atoms with van der Waals surface area (Å²) in [6.45, 7) is 4.77. The molecule has 5 heteroatoms. The number of hydrogen-bond donors (Lipinski definition) is 1. The Bertz CT molecular complexity index is 508. The Balaban J connectivity index is 1.78. The van der Waals surface area contributed by atoms with E-state index >= 15 is 0 Å². The summed E-state index contributed by atoms with van der Waals surface area (Å²) < 4.78 is 6.59. The van der Waals surface area contributed by atoms with Gasteiger partial charge in [-0.1, -0.05) is 23.9 Å². The van der Waals surface area contributed by atoms with Crippen LogP contribution in [0, 0.1) is 13.8 Å². The van der Waals surface area contributed by atoms with Crippen molar-refractivity contribution >= 4 is 33.4 Å². The highest BCUT2D eigenvalue weighted by atomic mass is 79.9. The number of rotatable bonds is 5. The van der Waals surface area contributed by atoms with Crippen LogP contribution in [0.4, 0.5) is 5.69 Å². The number of hydrogen-bond acceptors (Lipinski definition) is 4. The van der Waals surface area contributed by atoms with Gasteiger partial charge >= 0.3 is 0 Å². The molecule has 0 atom stereocenters. The van der Waals surface area contributed by atoms with Gasteiger partial charge in [0.05, 0.1) is 5.69 Å². The van der Waals surface area contributed by atoms with Gasteiger partial charge in [-0.3, -0.25) is 0 Å². The van der Waals surface area contributed by atoms with Crippen molar-refractivity contribution in [1.82, 2.24) is 4.98 Å². The van der Waals surface area contributed by atoms with Crippen molar-refractivity contribution in [3.63, 3.8) is 0 Å². The molecular formula is C13H15BrN2OS. The molecule has 0 saturated heterocycles. The molecule has 18 heavy (non-hydrogen) atoms. The van der Waals surface area contributed by atoms with Gasteiger partial charge in [0.15, 0.2) is 0 Å². The lowest BCUT2D eigenvalue weighted by molar-refractivity contribution is 0.431. The summed E-state index contributed by atoms with van der Waals surface area (Å²) in [5.74, 6) is 1.82. The van der Waals surface area contributed by atoms with Crippen LogP contribution in [0.25, 0.3) is 0 Å². The van der Waals surface area contributed by atoms with Crippen LogP contribution in [-0.2, 0) is 0 Å². The van der Waals surface area contributed by atoms with Crippen LogP contribution in [0.1, 0.15) is 11.5 Å². The fourth-order valence-electron chi connectivity index (χ4n) is 1.43. The van der Waals surface area contributed by atoms with Crippen LogP contribution < -0.4 is 5.32 Å². The van der Waals surface area contributed by atoms with Gasteiger partial charge in [-0.05, 0) is 41.9 Å². The third-order valence-electron chi connectivity index (χ3n) is 2.53. The molecule has 0 fully saturated rings. The first-order valence-electron chi connectivity index (χ1n) is 5.72. The van der Waals surface area contributed by atoms with Crippen molar-refractivity contribution in [1.29, 1.82) is 0 Å². The molecule has 0 spiro atoms. The Hall–Kier alpha value is -0.940. The summed E-state index contributed by atoms with van der Waals surface area (Å²) >= 11 is 5.13. The molecule has 0 unspecified atom stereocenters. The highest BCUT2D eigenvalue weighted by molar-refractivity contribution is 9.10. The highest BCUT2D eigenvalue weighted by Gasteiger charge is 2.05. The second kappa shape index (κ2) is 6.29. The monoisotopic (exact) mass is 326 g/mol. The second-order valence-electron chi connectivity index (χ2n) is 3.88. The maximum Gasteiger partial charge on any atom is 0.256 e. The maximum atomic E-state index is 5.51. The molecule has 96 valence electrons. The Morgan fingerprint density at radius 3 is 2.78 bits per heavy atom. The molecule has 0 radical (unpaired) electrons. The smallest absolute Gasteiger partial charge is 0.256 e. The topological polar surface area (TPSA) is 38.1 Å². The van der Waals surface area contributed by atoms with E-state index in [0.717, 1.165) is 39.1 Å². The summed E-state index contributed by atoms with van der Waals surface area (Å²) in [7, 11) is 0. The SMILES string of the molecule is Cc1nc(SCCNc2ccccc2Br)oc1C. The van der Waals surface area contributed by atoms with Crippen molar-refractivity contribution in [2.24, 2.45) is 0 Å². The van der Waals surface area contributed by atoms with Crippen molar-refractivity contribution in [2.45, 2.75) is 19.1 Å². The Morgan fingerprint density at radius 2 is 2.11 bits per heavy atom. The quantitative estimate of drug-likeness (QED) is 0.658. The normalized spacial score (nSPS) is 10.6. The number of thioether (sulfide) groups is 1. The van der Waals surface area contributed by atoms with Crippen LogP contribution in [0.2, 0.25) is 0 Å². The zero-order valence-electron chi connectivity index (χ0n) is 10.4. The Kier molecular flexibility index (Phi) is 4.72. The summed E-state index contributed by atoms with van der Waals surface area (Å²) in [6.07, 6.45) is 0. The van der Waals surface area contributed by atoms with E-state index in [4.69, 9.17) is 4.42 Å². The molecule has 2 aromatic rings. The lowest BCUT2D eigenvalue weighted by Crippen LogP contribution is -2.04. The van der Waals surface area contributed by atoms with Gasteiger partial charge in [-0.25, -0.2) is 4.98 Å². The number of benzene rings is 1. The molecule has 3 nitrogen and oxygen atoms in total. The number of nitrogens with zero attached hydrogens (tertiary/aromatic N) is 1. The molecule has 0 aliphatic carbocycles. The molecule has 1 N–H and O–H groups in total. The third kappa shape index (κ3) is 3.53. The lowest BCUT2D eigenvalue weighted by Gasteiger charge is -2.06. The highest BCUT2D eigenvalue weighted by Crippen LogP contribution is 2.22. The summed E-state index contributed by atoms with van der Waals surface area (Å²) in [5.41, 5.74) is 2.08. The summed E-state index contributed by atoms with van der Waals surface area (Å²) in [4.78, 5) is 4.33.